The van der Waals surface area contributed by atoms with Crippen molar-refractivity contribution in [2.45, 2.75) is 0 Å². The van der Waals surface area contributed by atoms with Crippen molar-refractivity contribution in [2.24, 2.45) is 0 Å². The second-order valence-electron chi connectivity index (χ2n) is 0.949. The molecule has 0 aliphatic rings. The van der Waals surface area contributed by atoms with Crippen LogP contribution in [0.1, 0.15) is 0 Å². The summed E-state index contributed by atoms with van der Waals surface area (Å²) in [5.74, 6) is 0. The molecule has 1 rings (SSSR count). The molecule has 1 heterocycles. The highest BCUT2D eigenvalue weighted by Crippen LogP contribution is 1.58. The minimum Gasteiger partial charge on any atom is -0.294 e. The molecule has 0 bridgehead atoms. The molecule has 0 saturated carbocycles. The lowest BCUT2D eigenvalue weighted by molar-refractivity contribution is 0.645. The molecular weight excluding hydrogens is 94.1 g/mol. The summed E-state index contributed by atoms with van der Waals surface area (Å²) in [5, 5.41) is 10.5. The monoisotopic (exact) mass is 99.1 g/mol. The fraction of sp³-hybridized carbons (Fsp3) is 0.500. The van der Waals surface area contributed by atoms with E-state index in [0.29, 0.717) is 0 Å². The molecule has 0 amide bonds. The molecule has 0 aliphatic carbocycles. The Morgan fingerprint density at radius 1 is 1.71 bits per heavy atom. The summed E-state index contributed by atoms with van der Waals surface area (Å²) in [4.78, 5) is 1.26. The molecule has 38 valence electrons. The molecule has 0 saturated heterocycles. The molecule has 0 radical (unpaired) electrons. The minimum atomic E-state index is 1.26. The second kappa shape index (κ2) is 1.55. The van der Waals surface area contributed by atoms with Crippen LogP contribution in [-0.2, 0) is 0 Å². The Morgan fingerprint density at radius 3 is 2.86 bits per heavy atom. The van der Waals surface area contributed by atoms with E-state index in [1.54, 1.807) is 7.05 Å². The van der Waals surface area contributed by atoms with Gasteiger partial charge in [-0.25, -0.2) is 0 Å². The van der Waals surface area contributed by atoms with Crippen LogP contribution in [-0.4, -0.2) is 27.4 Å². The first kappa shape index (κ1) is 4.04. The quantitative estimate of drug-likeness (QED) is 0.483. The van der Waals surface area contributed by atoms with Gasteiger partial charge in [-0.15, -0.1) is 10.2 Å². The topological polar surface area (TPSA) is 55.6 Å². The zero-order valence-electron chi connectivity index (χ0n) is 3.87. The van der Waals surface area contributed by atoms with Gasteiger partial charge in [-0.2, -0.15) is 0 Å². The summed E-state index contributed by atoms with van der Waals surface area (Å²) in [6.45, 7) is 0. The van der Waals surface area contributed by atoms with Crippen LogP contribution < -0.4 is 5.43 Å². The maximum Gasteiger partial charge on any atom is 0.164 e. The highest BCUT2D eigenvalue weighted by molar-refractivity contribution is 4.44. The fourth-order valence-corrected chi connectivity index (χ4v) is 0.270. The van der Waals surface area contributed by atoms with Crippen molar-refractivity contribution in [3.05, 3.63) is 6.33 Å². The SMILES string of the molecule is CNn1ncnn1. The zero-order chi connectivity index (χ0) is 5.11. The third kappa shape index (κ3) is 0.648. The zero-order valence-corrected chi connectivity index (χ0v) is 3.87. The van der Waals surface area contributed by atoms with Crippen molar-refractivity contribution in [3.63, 3.8) is 0 Å². The molecule has 0 aromatic carbocycles. The number of rotatable bonds is 1. The molecule has 7 heavy (non-hydrogen) atoms. The second-order valence-corrected chi connectivity index (χ2v) is 0.949. The standard InChI is InChI=1S/C2H5N5/c1-3-7-5-2-4-6-7/h2-3H,1H3. The first-order valence-electron chi connectivity index (χ1n) is 1.84. The molecule has 1 aromatic heterocycles. The Balaban J connectivity index is 2.76. The van der Waals surface area contributed by atoms with Gasteiger partial charge in [0.2, 0.25) is 0 Å². The van der Waals surface area contributed by atoms with Crippen molar-refractivity contribution >= 4 is 0 Å². The van der Waals surface area contributed by atoms with Gasteiger partial charge in [-0.1, -0.05) is 4.91 Å². The summed E-state index contributed by atoms with van der Waals surface area (Å²) in [6.07, 6.45) is 1.36. The van der Waals surface area contributed by atoms with Crippen molar-refractivity contribution in [3.8, 4) is 0 Å². The van der Waals surface area contributed by atoms with Crippen molar-refractivity contribution in [1.82, 2.24) is 20.3 Å². The largest absolute Gasteiger partial charge is 0.294 e. The Labute approximate surface area is 40.3 Å². The Kier molecular flexibility index (Phi) is 0.892. The molecule has 0 atom stereocenters. The number of aromatic nitrogens is 4. The van der Waals surface area contributed by atoms with E-state index in [4.69, 9.17) is 0 Å². The van der Waals surface area contributed by atoms with E-state index in [1.165, 1.54) is 11.2 Å². The van der Waals surface area contributed by atoms with E-state index in [-0.39, 0.29) is 0 Å². The lowest BCUT2D eigenvalue weighted by atomic mass is 11.4. The third-order valence-corrected chi connectivity index (χ3v) is 0.549. The third-order valence-electron chi connectivity index (χ3n) is 0.549. The molecule has 0 spiro atoms. The van der Waals surface area contributed by atoms with Gasteiger partial charge in [-0.3, -0.25) is 5.43 Å². The van der Waals surface area contributed by atoms with Crippen LogP contribution in [0.3, 0.4) is 0 Å². The van der Waals surface area contributed by atoms with Crippen LogP contribution >= 0.6 is 0 Å². The van der Waals surface area contributed by atoms with Crippen molar-refractivity contribution < 1.29 is 0 Å². The molecule has 0 fully saturated rings. The van der Waals surface area contributed by atoms with Gasteiger partial charge >= 0.3 is 0 Å². The highest BCUT2D eigenvalue weighted by atomic mass is 15.7. The Bertz CT molecular complexity index is 121. The van der Waals surface area contributed by atoms with E-state index < -0.39 is 0 Å². The number of hydrogen-bond donors (Lipinski definition) is 1. The van der Waals surface area contributed by atoms with Gasteiger partial charge in [-0.05, 0) is 5.21 Å². The summed E-state index contributed by atoms with van der Waals surface area (Å²) in [5.41, 5.74) is 2.64. The average Bonchev–Trinajstić information content (AvgIpc) is 2.14. The van der Waals surface area contributed by atoms with Crippen molar-refractivity contribution in [2.75, 3.05) is 12.5 Å². The maximum atomic E-state index is 3.62. The smallest absolute Gasteiger partial charge is 0.164 e. The van der Waals surface area contributed by atoms with Gasteiger partial charge in [0, 0.05) is 7.05 Å². The summed E-state index contributed by atoms with van der Waals surface area (Å²) >= 11 is 0. The van der Waals surface area contributed by atoms with Crippen LogP contribution in [0.25, 0.3) is 0 Å². The lowest BCUT2D eigenvalue weighted by Crippen LogP contribution is -2.11. The fourth-order valence-electron chi connectivity index (χ4n) is 0.270. The van der Waals surface area contributed by atoms with E-state index >= 15 is 0 Å². The number of nitrogens with zero attached hydrogens (tertiary/aromatic N) is 4. The maximum absolute atomic E-state index is 3.62. The molecule has 0 aliphatic heterocycles. The van der Waals surface area contributed by atoms with Gasteiger partial charge < -0.3 is 0 Å². The Morgan fingerprint density at radius 2 is 2.57 bits per heavy atom. The summed E-state index contributed by atoms with van der Waals surface area (Å²) < 4.78 is 0. The number of hydrogen-bond acceptors (Lipinski definition) is 4. The van der Waals surface area contributed by atoms with Crippen LogP contribution in [0, 0.1) is 0 Å². The molecule has 1 N–H and O–H groups in total. The van der Waals surface area contributed by atoms with Gasteiger partial charge in [0.15, 0.2) is 6.33 Å². The highest BCUT2D eigenvalue weighted by Gasteiger charge is 1.78. The van der Waals surface area contributed by atoms with E-state index in [2.05, 4.69) is 20.8 Å². The van der Waals surface area contributed by atoms with Crippen LogP contribution in [0.2, 0.25) is 0 Å². The molecule has 1 aromatic rings. The Hall–Kier alpha value is -1.13. The minimum absolute atomic E-state index is 1.26. The van der Waals surface area contributed by atoms with Gasteiger partial charge in [0.25, 0.3) is 0 Å². The number of nitrogens with one attached hydrogen (secondary N) is 1. The summed E-state index contributed by atoms with van der Waals surface area (Å²) in [7, 11) is 1.71. The lowest BCUT2D eigenvalue weighted by Gasteiger charge is -1.87. The van der Waals surface area contributed by atoms with E-state index in [1.807, 2.05) is 0 Å². The van der Waals surface area contributed by atoms with Gasteiger partial charge in [0.1, 0.15) is 0 Å². The van der Waals surface area contributed by atoms with E-state index in [0.717, 1.165) is 0 Å². The van der Waals surface area contributed by atoms with Gasteiger partial charge in [0.05, 0.1) is 0 Å². The van der Waals surface area contributed by atoms with Crippen LogP contribution in [0.15, 0.2) is 6.33 Å². The predicted molar refractivity (Wildman–Crippen MR) is 23.1 cm³/mol. The average molecular weight is 99.1 g/mol. The molecular formula is C2H5N5. The molecule has 5 nitrogen and oxygen atoms in total. The first-order chi connectivity index (χ1) is 3.43. The van der Waals surface area contributed by atoms with E-state index in [9.17, 15) is 0 Å². The summed E-state index contributed by atoms with van der Waals surface area (Å²) in [6, 6.07) is 0. The predicted octanol–water partition coefficient (Wildman–Crippen LogP) is -1.15. The van der Waals surface area contributed by atoms with Crippen LogP contribution in [0.5, 0.6) is 0 Å². The number of tetrazole rings is 1. The first-order valence-corrected chi connectivity index (χ1v) is 1.84. The molecule has 5 heteroatoms. The normalized spacial score (nSPS) is 8.71. The van der Waals surface area contributed by atoms with Crippen LogP contribution in [0.4, 0.5) is 0 Å². The van der Waals surface area contributed by atoms with Crippen molar-refractivity contribution in [1.29, 1.82) is 0 Å². The molecule has 0 unspecified atom stereocenters.